The Bertz CT molecular complexity index is 771. The molecule has 2 aliphatic heterocycles. The van der Waals surface area contributed by atoms with Gasteiger partial charge in [0.15, 0.2) is 0 Å². The number of halogens is 1. The molecule has 3 amide bonds. The fraction of sp³-hybridized carbons (Fsp3) is 0.353. The van der Waals surface area contributed by atoms with E-state index in [1.54, 1.807) is 42.1 Å². The number of benzene rings is 1. The molecule has 2 heterocycles. The van der Waals surface area contributed by atoms with Crippen LogP contribution in [0, 0.1) is 0 Å². The van der Waals surface area contributed by atoms with E-state index in [4.69, 9.17) is 11.6 Å². The van der Waals surface area contributed by atoms with E-state index in [0.717, 1.165) is 22.2 Å². The fourth-order valence-electron chi connectivity index (χ4n) is 2.61. The van der Waals surface area contributed by atoms with Crippen LogP contribution in [-0.2, 0) is 9.59 Å². The van der Waals surface area contributed by atoms with Gasteiger partial charge in [0.2, 0.25) is 5.91 Å². The van der Waals surface area contributed by atoms with Gasteiger partial charge in [-0.25, -0.2) is 0 Å². The second-order valence-electron chi connectivity index (χ2n) is 5.92. The van der Waals surface area contributed by atoms with Gasteiger partial charge in [-0.2, -0.15) is 11.8 Å². The summed E-state index contributed by atoms with van der Waals surface area (Å²) in [6, 6.07) is 6.71. The van der Waals surface area contributed by atoms with Crippen molar-refractivity contribution in [1.82, 2.24) is 10.2 Å². The minimum absolute atomic E-state index is 0.0103. The van der Waals surface area contributed by atoms with Crippen LogP contribution in [0.5, 0.6) is 0 Å². The Hall–Kier alpha value is -1.48. The fourth-order valence-corrected chi connectivity index (χ4v) is 4.85. The summed E-state index contributed by atoms with van der Waals surface area (Å²) in [7, 11) is 0. The lowest BCUT2D eigenvalue weighted by molar-refractivity contribution is -0.124. The summed E-state index contributed by atoms with van der Waals surface area (Å²) in [6.45, 7) is 0.0132. The molecule has 138 valence electrons. The number of amides is 3. The molecule has 0 aliphatic carbocycles. The summed E-state index contributed by atoms with van der Waals surface area (Å²) in [5.74, 6) is 0.567. The number of aliphatic hydroxyl groups excluding tert-OH is 1. The lowest BCUT2D eigenvalue weighted by Crippen LogP contribution is -2.43. The van der Waals surface area contributed by atoms with Gasteiger partial charge in [-0.3, -0.25) is 19.3 Å². The molecule has 2 saturated heterocycles. The average Bonchev–Trinajstić information content (AvgIpc) is 3.10. The predicted molar refractivity (Wildman–Crippen MR) is 104 cm³/mol. The molecule has 1 aromatic carbocycles. The molecule has 6 nitrogen and oxygen atoms in total. The molecule has 2 fully saturated rings. The van der Waals surface area contributed by atoms with Crippen molar-refractivity contribution >= 4 is 58.3 Å². The van der Waals surface area contributed by atoms with Gasteiger partial charge in [-0.1, -0.05) is 23.7 Å². The van der Waals surface area contributed by atoms with Crippen molar-refractivity contribution < 1.29 is 19.5 Å². The number of nitrogens with one attached hydrogen (secondary N) is 1. The molecule has 0 saturated carbocycles. The normalized spacial score (nSPS) is 24.5. The van der Waals surface area contributed by atoms with Gasteiger partial charge in [0, 0.05) is 29.5 Å². The second kappa shape index (κ2) is 8.47. The SMILES string of the molecule is O=C(CCN1C(=O)S/C(=C\c2cccc(Cl)c2)C1=O)N[C@@H]1CSC[C@H]1O. The highest BCUT2D eigenvalue weighted by atomic mass is 35.5. The molecule has 2 atom stereocenters. The van der Waals surface area contributed by atoms with Gasteiger partial charge >= 0.3 is 0 Å². The number of aliphatic hydroxyl groups is 1. The molecular formula is C17H17ClN2O4S2. The minimum Gasteiger partial charge on any atom is -0.390 e. The molecule has 0 aromatic heterocycles. The zero-order valence-electron chi connectivity index (χ0n) is 13.7. The third-order valence-electron chi connectivity index (χ3n) is 3.98. The van der Waals surface area contributed by atoms with Gasteiger partial charge < -0.3 is 10.4 Å². The standard InChI is InChI=1S/C17H17ClN2O4S2/c18-11-3-1-2-10(6-11)7-14-16(23)20(17(24)26-14)5-4-15(22)19-12-8-25-9-13(12)21/h1-3,6-7,12-13,21H,4-5,8-9H2,(H,19,22)/b14-7-/t12-,13-/m1/s1. The second-order valence-corrected chi connectivity index (χ2v) is 8.42. The summed E-state index contributed by atoms with van der Waals surface area (Å²) in [5.41, 5.74) is 0.730. The van der Waals surface area contributed by atoms with Crippen LogP contribution in [0.2, 0.25) is 5.02 Å². The number of imide groups is 1. The van der Waals surface area contributed by atoms with E-state index in [1.807, 2.05) is 0 Å². The molecule has 0 bridgehead atoms. The Morgan fingerprint density at radius 1 is 1.38 bits per heavy atom. The van der Waals surface area contributed by atoms with Gasteiger partial charge in [-0.05, 0) is 35.5 Å². The number of hydrogen-bond donors (Lipinski definition) is 2. The van der Waals surface area contributed by atoms with Crippen LogP contribution in [0.4, 0.5) is 4.79 Å². The van der Waals surface area contributed by atoms with Crippen LogP contribution in [0.1, 0.15) is 12.0 Å². The number of hydrogen-bond acceptors (Lipinski definition) is 6. The minimum atomic E-state index is -0.554. The summed E-state index contributed by atoms with van der Waals surface area (Å²) in [4.78, 5) is 37.9. The molecule has 2 aliphatic rings. The van der Waals surface area contributed by atoms with Gasteiger partial charge in [0.25, 0.3) is 11.1 Å². The maximum absolute atomic E-state index is 12.4. The highest BCUT2D eigenvalue weighted by Gasteiger charge is 2.35. The van der Waals surface area contributed by atoms with E-state index in [9.17, 15) is 19.5 Å². The monoisotopic (exact) mass is 412 g/mol. The van der Waals surface area contributed by atoms with Crippen molar-refractivity contribution in [2.24, 2.45) is 0 Å². The molecule has 26 heavy (non-hydrogen) atoms. The van der Waals surface area contributed by atoms with Crippen LogP contribution < -0.4 is 5.32 Å². The lowest BCUT2D eigenvalue weighted by Gasteiger charge is -2.17. The Kier molecular flexibility index (Phi) is 6.29. The molecule has 0 radical (unpaired) electrons. The lowest BCUT2D eigenvalue weighted by atomic mass is 10.2. The number of carbonyl (C=O) groups is 3. The maximum atomic E-state index is 12.4. The molecule has 3 rings (SSSR count). The Balaban J connectivity index is 1.58. The van der Waals surface area contributed by atoms with Crippen molar-refractivity contribution in [3.05, 3.63) is 39.8 Å². The topological polar surface area (TPSA) is 86.7 Å². The Morgan fingerprint density at radius 3 is 2.88 bits per heavy atom. The first-order valence-corrected chi connectivity index (χ1v) is 10.3. The van der Waals surface area contributed by atoms with Crippen molar-refractivity contribution in [1.29, 1.82) is 0 Å². The van der Waals surface area contributed by atoms with Crippen LogP contribution >= 0.6 is 35.1 Å². The Labute approximate surface area is 164 Å². The third kappa shape index (κ3) is 4.62. The number of rotatable bonds is 5. The maximum Gasteiger partial charge on any atom is 0.293 e. The first-order valence-electron chi connectivity index (χ1n) is 8.00. The molecule has 1 aromatic rings. The predicted octanol–water partition coefficient (Wildman–Crippen LogP) is 2.36. The number of thioether (sulfide) groups is 2. The zero-order chi connectivity index (χ0) is 18.7. The van der Waals surface area contributed by atoms with Gasteiger partial charge in [-0.15, -0.1) is 0 Å². The van der Waals surface area contributed by atoms with E-state index in [0.29, 0.717) is 21.4 Å². The first kappa shape index (κ1) is 19.3. The summed E-state index contributed by atoms with van der Waals surface area (Å²) < 4.78 is 0. The zero-order valence-corrected chi connectivity index (χ0v) is 16.1. The Morgan fingerprint density at radius 2 is 2.19 bits per heavy atom. The average molecular weight is 413 g/mol. The van der Waals surface area contributed by atoms with Crippen molar-refractivity contribution in [2.45, 2.75) is 18.6 Å². The van der Waals surface area contributed by atoms with Crippen LogP contribution in [-0.4, -0.2) is 57.3 Å². The number of nitrogens with zero attached hydrogens (tertiary/aromatic N) is 1. The summed E-state index contributed by atoms with van der Waals surface area (Å²) in [6.07, 6.45) is 1.07. The third-order valence-corrected chi connectivity index (χ3v) is 6.29. The molecule has 0 unspecified atom stereocenters. The van der Waals surface area contributed by atoms with Crippen molar-refractivity contribution in [3.63, 3.8) is 0 Å². The largest absolute Gasteiger partial charge is 0.390 e. The quantitative estimate of drug-likeness (QED) is 0.722. The van der Waals surface area contributed by atoms with Gasteiger partial charge in [0.05, 0.1) is 17.1 Å². The van der Waals surface area contributed by atoms with E-state index in [2.05, 4.69) is 5.32 Å². The van der Waals surface area contributed by atoms with E-state index in [1.165, 1.54) is 0 Å². The molecule has 0 spiro atoms. The highest BCUT2D eigenvalue weighted by molar-refractivity contribution is 8.18. The van der Waals surface area contributed by atoms with Crippen molar-refractivity contribution in [3.8, 4) is 0 Å². The smallest absolute Gasteiger partial charge is 0.293 e. The van der Waals surface area contributed by atoms with E-state index < -0.39 is 17.3 Å². The van der Waals surface area contributed by atoms with E-state index >= 15 is 0 Å². The van der Waals surface area contributed by atoms with Crippen LogP contribution in [0.25, 0.3) is 6.08 Å². The summed E-state index contributed by atoms with van der Waals surface area (Å²) in [5, 5.41) is 12.6. The number of carbonyl (C=O) groups excluding carboxylic acids is 3. The van der Waals surface area contributed by atoms with Crippen LogP contribution in [0.15, 0.2) is 29.2 Å². The molecule has 9 heteroatoms. The van der Waals surface area contributed by atoms with Crippen molar-refractivity contribution in [2.75, 3.05) is 18.1 Å². The molecular weight excluding hydrogens is 396 g/mol. The molecule has 2 N–H and O–H groups in total. The highest BCUT2D eigenvalue weighted by Crippen LogP contribution is 2.32. The summed E-state index contributed by atoms with van der Waals surface area (Å²) >= 11 is 8.35. The van der Waals surface area contributed by atoms with E-state index in [-0.39, 0.29) is 24.9 Å². The van der Waals surface area contributed by atoms with Crippen LogP contribution in [0.3, 0.4) is 0 Å². The first-order chi connectivity index (χ1) is 12.4. The van der Waals surface area contributed by atoms with Gasteiger partial charge in [0.1, 0.15) is 0 Å².